The molecule has 2 atom stereocenters. The number of rotatable bonds is 8. The Morgan fingerprint density at radius 3 is 1.68 bits per heavy atom. The van der Waals surface area contributed by atoms with Crippen LogP contribution in [0.15, 0.2) is 0 Å². The van der Waals surface area contributed by atoms with Crippen molar-refractivity contribution in [1.82, 2.24) is 0 Å². The van der Waals surface area contributed by atoms with E-state index in [4.69, 9.17) is 27.2 Å². The molecule has 0 aromatic heterocycles. The summed E-state index contributed by atoms with van der Waals surface area (Å²) in [7, 11) is 0.0741. The molecule has 0 aliphatic carbocycles. The smallest absolute Gasteiger partial charge is 0.376 e. The SMILES string of the molecule is CO[Si](OC)(OCC1CCCO1)OCC1CCCO1. The Balaban J connectivity index is 1.77. The van der Waals surface area contributed by atoms with E-state index in [-0.39, 0.29) is 12.2 Å². The van der Waals surface area contributed by atoms with Gasteiger partial charge >= 0.3 is 9.05 Å². The maximum Gasteiger partial charge on any atom is 0.679 e. The topological polar surface area (TPSA) is 55.4 Å². The molecule has 2 rings (SSSR count). The molecule has 0 saturated carbocycles. The highest BCUT2D eigenvalue weighted by Crippen LogP contribution is 2.19. The van der Waals surface area contributed by atoms with Crippen molar-refractivity contribution >= 4 is 9.05 Å². The Bertz CT molecular complexity index is 227. The predicted molar refractivity (Wildman–Crippen MR) is 69.6 cm³/mol. The normalized spacial score (nSPS) is 28.1. The molecule has 0 amide bonds. The second-order valence-electron chi connectivity index (χ2n) is 4.80. The number of ether oxygens (including phenoxy) is 2. The van der Waals surface area contributed by atoms with E-state index in [1.165, 1.54) is 0 Å². The van der Waals surface area contributed by atoms with Gasteiger partial charge in [0, 0.05) is 27.4 Å². The quantitative estimate of drug-likeness (QED) is 0.625. The van der Waals surface area contributed by atoms with Gasteiger partial charge in [0.1, 0.15) is 0 Å². The third kappa shape index (κ3) is 4.49. The van der Waals surface area contributed by atoms with E-state index < -0.39 is 9.05 Å². The van der Waals surface area contributed by atoms with Crippen LogP contribution in [0, 0.1) is 0 Å². The molecule has 112 valence electrons. The molecule has 2 aliphatic rings. The molecule has 0 spiro atoms. The average Bonchev–Trinajstić information content (AvgIpc) is 3.13. The first kappa shape index (κ1) is 15.4. The largest absolute Gasteiger partial charge is 0.679 e. The molecule has 0 aromatic carbocycles. The van der Waals surface area contributed by atoms with Crippen LogP contribution in [0.2, 0.25) is 0 Å². The molecule has 0 radical (unpaired) electrons. The summed E-state index contributed by atoms with van der Waals surface area (Å²) in [5, 5.41) is 0. The van der Waals surface area contributed by atoms with Crippen LogP contribution in [0.1, 0.15) is 25.7 Å². The van der Waals surface area contributed by atoms with Gasteiger partial charge in [-0.15, -0.1) is 0 Å². The Morgan fingerprint density at radius 1 is 0.895 bits per heavy atom. The highest BCUT2D eigenvalue weighted by Gasteiger charge is 2.45. The number of hydrogen-bond donors (Lipinski definition) is 0. The molecule has 0 aromatic rings. The first-order valence-electron chi connectivity index (χ1n) is 6.89. The van der Waals surface area contributed by atoms with Crippen molar-refractivity contribution in [3.8, 4) is 0 Å². The molecule has 0 N–H and O–H groups in total. The summed E-state index contributed by atoms with van der Waals surface area (Å²) in [5.41, 5.74) is 0. The Morgan fingerprint density at radius 2 is 1.37 bits per heavy atom. The van der Waals surface area contributed by atoms with Crippen molar-refractivity contribution in [3.63, 3.8) is 0 Å². The van der Waals surface area contributed by atoms with E-state index in [1.54, 1.807) is 14.2 Å². The summed E-state index contributed by atoms with van der Waals surface area (Å²) in [6.07, 6.45) is 4.46. The maximum absolute atomic E-state index is 5.76. The van der Waals surface area contributed by atoms with Crippen molar-refractivity contribution in [2.75, 3.05) is 40.6 Å². The van der Waals surface area contributed by atoms with Gasteiger partial charge in [-0.05, 0) is 25.7 Å². The van der Waals surface area contributed by atoms with E-state index in [0.29, 0.717) is 13.2 Å². The second kappa shape index (κ2) is 7.68. The first-order valence-corrected chi connectivity index (χ1v) is 8.53. The summed E-state index contributed by atoms with van der Waals surface area (Å²) >= 11 is 0. The van der Waals surface area contributed by atoms with Gasteiger partial charge in [0.2, 0.25) is 0 Å². The van der Waals surface area contributed by atoms with E-state index >= 15 is 0 Å². The monoisotopic (exact) mass is 292 g/mol. The molecular weight excluding hydrogens is 268 g/mol. The van der Waals surface area contributed by atoms with E-state index in [0.717, 1.165) is 38.9 Å². The van der Waals surface area contributed by atoms with Gasteiger partial charge in [0.25, 0.3) is 0 Å². The van der Waals surface area contributed by atoms with Crippen molar-refractivity contribution in [3.05, 3.63) is 0 Å². The highest BCUT2D eigenvalue weighted by molar-refractivity contribution is 6.53. The minimum atomic E-state index is -3.04. The summed E-state index contributed by atoms with van der Waals surface area (Å²) in [6.45, 7) is 2.53. The Hall–Kier alpha value is -0.0231. The molecule has 6 nitrogen and oxygen atoms in total. The lowest BCUT2D eigenvalue weighted by Crippen LogP contribution is -2.50. The van der Waals surface area contributed by atoms with Gasteiger partial charge in [-0.25, -0.2) is 0 Å². The van der Waals surface area contributed by atoms with E-state index in [9.17, 15) is 0 Å². The minimum absolute atomic E-state index is 0.128. The summed E-state index contributed by atoms with van der Waals surface area (Å²) < 4.78 is 33.3. The molecule has 2 unspecified atom stereocenters. The second-order valence-corrected chi connectivity index (χ2v) is 7.19. The molecule has 2 aliphatic heterocycles. The average molecular weight is 292 g/mol. The van der Waals surface area contributed by atoms with Gasteiger partial charge in [-0.3, -0.25) is 0 Å². The van der Waals surface area contributed by atoms with Crippen LogP contribution < -0.4 is 0 Å². The van der Waals surface area contributed by atoms with Crippen molar-refractivity contribution in [1.29, 1.82) is 0 Å². The predicted octanol–water partition coefficient (Wildman–Crippen LogP) is 1.11. The fourth-order valence-corrected chi connectivity index (χ4v) is 3.80. The van der Waals surface area contributed by atoms with Crippen LogP contribution >= 0.6 is 0 Å². The van der Waals surface area contributed by atoms with Gasteiger partial charge in [0.05, 0.1) is 25.4 Å². The molecule has 2 heterocycles. The molecule has 2 fully saturated rings. The van der Waals surface area contributed by atoms with Crippen LogP contribution in [0.3, 0.4) is 0 Å². The minimum Gasteiger partial charge on any atom is -0.376 e. The fourth-order valence-electron chi connectivity index (χ4n) is 2.30. The van der Waals surface area contributed by atoms with Gasteiger partial charge in [0.15, 0.2) is 0 Å². The zero-order valence-electron chi connectivity index (χ0n) is 11.8. The van der Waals surface area contributed by atoms with E-state index in [1.807, 2.05) is 0 Å². The Kier molecular flexibility index (Phi) is 6.21. The third-order valence-electron chi connectivity index (χ3n) is 3.44. The van der Waals surface area contributed by atoms with E-state index in [2.05, 4.69) is 0 Å². The third-order valence-corrected chi connectivity index (χ3v) is 5.48. The van der Waals surface area contributed by atoms with Crippen molar-refractivity contribution in [2.24, 2.45) is 0 Å². The zero-order valence-corrected chi connectivity index (χ0v) is 12.8. The summed E-state index contributed by atoms with van der Waals surface area (Å²) in [4.78, 5) is 0. The number of hydrogen-bond acceptors (Lipinski definition) is 6. The van der Waals surface area contributed by atoms with Crippen molar-refractivity contribution in [2.45, 2.75) is 37.9 Å². The standard InChI is InChI=1S/C12H24O6Si/c1-13-19(14-2,17-9-11-5-3-7-15-11)18-10-12-6-4-8-16-12/h11-12H,3-10H2,1-2H3. The molecule has 0 bridgehead atoms. The first-order chi connectivity index (χ1) is 9.28. The molecule has 7 heteroatoms. The molecule has 2 saturated heterocycles. The summed E-state index contributed by atoms with van der Waals surface area (Å²) in [6, 6.07) is 0. The molecule has 19 heavy (non-hydrogen) atoms. The van der Waals surface area contributed by atoms with Gasteiger partial charge < -0.3 is 27.2 Å². The lowest BCUT2D eigenvalue weighted by atomic mass is 10.2. The molecular formula is C12H24O6Si. The Labute approximate surface area is 115 Å². The zero-order chi connectivity index (χ0) is 13.6. The van der Waals surface area contributed by atoms with Gasteiger partial charge in [-0.2, -0.15) is 0 Å². The van der Waals surface area contributed by atoms with Crippen molar-refractivity contribution < 1.29 is 27.2 Å². The lowest BCUT2D eigenvalue weighted by Gasteiger charge is -2.27. The van der Waals surface area contributed by atoms with Crippen LogP contribution in [-0.4, -0.2) is 61.9 Å². The van der Waals surface area contributed by atoms with Crippen LogP contribution in [0.4, 0.5) is 0 Å². The van der Waals surface area contributed by atoms with Crippen LogP contribution in [0.25, 0.3) is 0 Å². The maximum atomic E-state index is 5.76. The van der Waals surface area contributed by atoms with Gasteiger partial charge in [-0.1, -0.05) is 0 Å². The lowest BCUT2D eigenvalue weighted by molar-refractivity contribution is -0.0528. The van der Waals surface area contributed by atoms with Crippen LogP contribution in [-0.2, 0) is 27.2 Å². The fraction of sp³-hybridized carbons (Fsp3) is 1.00. The van der Waals surface area contributed by atoms with Crippen LogP contribution in [0.5, 0.6) is 0 Å². The highest BCUT2D eigenvalue weighted by atomic mass is 28.4. The summed E-state index contributed by atoms with van der Waals surface area (Å²) in [5.74, 6) is 0.